The molecule has 11 heteroatoms. The summed E-state index contributed by atoms with van der Waals surface area (Å²) in [5.41, 5.74) is 0.721. The number of amides is 4. The Morgan fingerprint density at radius 2 is 1.78 bits per heavy atom. The lowest BCUT2D eigenvalue weighted by Crippen LogP contribution is -2.41. The van der Waals surface area contributed by atoms with Crippen LogP contribution in [0.1, 0.15) is 15.9 Å². The van der Waals surface area contributed by atoms with Gasteiger partial charge in [-0.05, 0) is 53.7 Å². The molecule has 0 aromatic heterocycles. The molecule has 0 bridgehead atoms. The first-order valence-electron chi connectivity index (χ1n) is 9.26. The summed E-state index contributed by atoms with van der Waals surface area (Å²) in [7, 11) is 0. The lowest BCUT2D eigenvalue weighted by atomic mass is 10.2. The number of carbonyl (C=O) groups excluding carboxylic acids is 4. The summed E-state index contributed by atoms with van der Waals surface area (Å²) in [5, 5.41) is 5.05. The number of hydrogen-bond donors (Lipinski definition) is 2. The molecule has 1 aliphatic heterocycles. The Hall–Kier alpha value is -2.88. The molecule has 0 saturated carbocycles. The van der Waals surface area contributed by atoms with E-state index in [1.54, 1.807) is 18.2 Å². The summed E-state index contributed by atoms with van der Waals surface area (Å²) in [4.78, 5) is 49.8. The maximum Gasteiger partial charge on any atom is 0.293 e. The van der Waals surface area contributed by atoms with Gasteiger partial charge < -0.3 is 10.6 Å². The van der Waals surface area contributed by atoms with E-state index in [0.717, 1.165) is 28.8 Å². The highest BCUT2D eigenvalue weighted by Gasteiger charge is 2.34. The molecule has 0 atom stereocenters. The van der Waals surface area contributed by atoms with Crippen molar-refractivity contribution < 1.29 is 23.6 Å². The smallest absolute Gasteiger partial charge is 0.293 e. The van der Waals surface area contributed by atoms with E-state index in [1.165, 1.54) is 18.2 Å². The van der Waals surface area contributed by atoms with Gasteiger partial charge >= 0.3 is 0 Å². The summed E-state index contributed by atoms with van der Waals surface area (Å²) in [6, 6.07) is 9.83. The third-order valence-corrected chi connectivity index (χ3v) is 6.06. The Morgan fingerprint density at radius 1 is 1.06 bits per heavy atom. The summed E-state index contributed by atoms with van der Waals surface area (Å²) >= 11 is 12.8. The highest BCUT2D eigenvalue weighted by atomic mass is 35.5. The van der Waals surface area contributed by atoms with Crippen molar-refractivity contribution in [3.05, 3.63) is 74.4 Å². The molecule has 4 amide bonds. The molecule has 2 aromatic carbocycles. The van der Waals surface area contributed by atoms with Gasteiger partial charge in [0.1, 0.15) is 5.82 Å². The average molecular weight is 496 g/mol. The minimum Gasteiger partial charge on any atom is -0.353 e. The molecule has 0 unspecified atom stereocenters. The van der Waals surface area contributed by atoms with E-state index in [0.29, 0.717) is 10.6 Å². The molecule has 2 aromatic rings. The molecule has 1 fully saturated rings. The van der Waals surface area contributed by atoms with Crippen LogP contribution in [0.15, 0.2) is 47.4 Å². The van der Waals surface area contributed by atoms with Gasteiger partial charge in [-0.3, -0.25) is 24.1 Å². The number of nitrogens with one attached hydrogen (secondary N) is 2. The molecule has 166 valence electrons. The van der Waals surface area contributed by atoms with Crippen LogP contribution in [0.4, 0.5) is 9.18 Å². The molecule has 0 spiro atoms. The number of rotatable bonds is 7. The maximum absolute atomic E-state index is 12.9. The molecular weight excluding hydrogens is 480 g/mol. The van der Waals surface area contributed by atoms with Crippen LogP contribution in [0.2, 0.25) is 10.0 Å². The fourth-order valence-electron chi connectivity index (χ4n) is 2.70. The number of nitrogens with zero attached hydrogens (tertiary/aromatic N) is 1. The van der Waals surface area contributed by atoms with E-state index in [9.17, 15) is 23.6 Å². The molecule has 32 heavy (non-hydrogen) atoms. The van der Waals surface area contributed by atoms with Gasteiger partial charge in [-0.1, -0.05) is 35.3 Å². The van der Waals surface area contributed by atoms with Crippen molar-refractivity contribution in [2.24, 2.45) is 0 Å². The highest BCUT2D eigenvalue weighted by molar-refractivity contribution is 8.18. The molecule has 2 N–H and O–H groups in total. The SMILES string of the molecule is O=C(CNC(=O)c1ccc(F)cc1)NCCN1C(=O)S/C(=C\c2cccc(Cl)c2Cl)C1=O. The monoisotopic (exact) mass is 495 g/mol. The van der Waals surface area contributed by atoms with E-state index in [4.69, 9.17) is 23.2 Å². The summed E-state index contributed by atoms with van der Waals surface area (Å²) in [6.07, 6.45) is 1.49. The van der Waals surface area contributed by atoms with Gasteiger partial charge in [-0.2, -0.15) is 0 Å². The lowest BCUT2D eigenvalue weighted by molar-refractivity contribution is -0.124. The Kier molecular flexibility index (Phi) is 7.89. The van der Waals surface area contributed by atoms with Gasteiger partial charge in [-0.25, -0.2) is 4.39 Å². The van der Waals surface area contributed by atoms with Crippen LogP contribution < -0.4 is 10.6 Å². The highest BCUT2D eigenvalue weighted by Crippen LogP contribution is 2.34. The topological polar surface area (TPSA) is 95.6 Å². The zero-order chi connectivity index (χ0) is 23.3. The summed E-state index contributed by atoms with van der Waals surface area (Å²) in [6.45, 7) is -0.345. The predicted octanol–water partition coefficient (Wildman–Crippen LogP) is 3.72. The fraction of sp³-hybridized carbons (Fsp3) is 0.143. The Bertz CT molecular complexity index is 1110. The summed E-state index contributed by atoms with van der Waals surface area (Å²) in [5.74, 6) is -2.02. The first-order chi connectivity index (χ1) is 15.3. The number of halogens is 3. The standard InChI is InChI=1S/C21H16Cl2FN3O4S/c22-15-3-1-2-13(18(15)23)10-16-20(30)27(21(31)32-16)9-8-25-17(28)11-26-19(29)12-4-6-14(24)7-5-12/h1-7,10H,8-9,11H2,(H,25,28)(H,26,29)/b16-10-. The predicted molar refractivity (Wildman–Crippen MR) is 121 cm³/mol. The Morgan fingerprint density at radius 3 is 2.50 bits per heavy atom. The molecular formula is C21H16Cl2FN3O4S. The molecule has 3 rings (SSSR count). The number of benzene rings is 2. The normalized spacial score (nSPS) is 14.7. The van der Waals surface area contributed by atoms with E-state index >= 15 is 0 Å². The van der Waals surface area contributed by atoms with Gasteiger partial charge in [0.25, 0.3) is 17.1 Å². The van der Waals surface area contributed by atoms with Crippen molar-refractivity contribution in [1.29, 1.82) is 0 Å². The van der Waals surface area contributed by atoms with Gasteiger partial charge in [0.05, 0.1) is 21.5 Å². The molecule has 1 aliphatic rings. The molecule has 1 saturated heterocycles. The molecule has 7 nitrogen and oxygen atoms in total. The first kappa shape index (κ1) is 23.8. The van der Waals surface area contributed by atoms with Gasteiger partial charge in [0.15, 0.2) is 0 Å². The van der Waals surface area contributed by atoms with E-state index in [2.05, 4.69) is 10.6 Å². The van der Waals surface area contributed by atoms with Gasteiger partial charge in [0, 0.05) is 18.7 Å². The zero-order valence-electron chi connectivity index (χ0n) is 16.4. The average Bonchev–Trinajstić information content (AvgIpc) is 3.03. The minimum absolute atomic E-state index is 0.00843. The zero-order valence-corrected chi connectivity index (χ0v) is 18.7. The van der Waals surface area contributed by atoms with E-state index < -0.39 is 28.8 Å². The van der Waals surface area contributed by atoms with E-state index in [-0.39, 0.29) is 35.1 Å². The van der Waals surface area contributed by atoms with Crippen LogP contribution in [-0.2, 0) is 9.59 Å². The largest absolute Gasteiger partial charge is 0.353 e. The van der Waals surface area contributed by atoms with Crippen LogP contribution >= 0.6 is 35.0 Å². The Labute approximate surface area is 196 Å². The van der Waals surface area contributed by atoms with Crippen LogP contribution in [0.25, 0.3) is 6.08 Å². The van der Waals surface area contributed by atoms with Crippen molar-refractivity contribution in [2.75, 3.05) is 19.6 Å². The number of hydrogen-bond acceptors (Lipinski definition) is 5. The second-order valence-corrected chi connectivity index (χ2v) is 8.29. The quantitative estimate of drug-likeness (QED) is 0.570. The maximum atomic E-state index is 12.9. The lowest BCUT2D eigenvalue weighted by Gasteiger charge is -2.13. The number of imide groups is 1. The van der Waals surface area contributed by atoms with Gasteiger partial charge in [-0.15, -0.1) is 0 Å². The minimum atomic E-state index is -0.532. The van der Waals surface area contributed by atoms with Crippen molar-refractivity contribution in [1.82, 2.24) is 15.5 Å². The van der Waals surface area contributed by atoms with Crippen molar-refractivity contribution >= 4 is 64.0 Å². The molecule has 0 aliphatic carbocycles. The van der Waals surface area contributed by atoms with Crippen molar-refractivity contribution in [3.63, 3.8) is 0 Å². The number of carbonyl (C=O) groups is 4. The van der Waals surface area contributed by atoms with Crippen LogP contribution in [0, 0.1) is 5.82 Å². The first-order valence-corrected chi connectivity index (χ1v) is 10.8. The molecule has 0 radical (unpaired) electrons. The summed E-state index contributed by atoms with van der Waals surface area (Å²) < 4.78 is 12.9. The van der Waals surface area contributed by atoms with E-state index in [1.807, 2.05) is 0 Å². The third kappa shape index (κ3) is 5.87. The van der Waals surface area contributed by atoms with Crippen LogP contribution in [0.3, 0.4) is 0 Å². The van der Waals surface area contributed by atoms with Gasteiger partial charge in [0.2, 0.25) is 5.91 Å². The second kappa shape index (κ2) is 10.6. The van der Waals surface area contributed by atoms with Crippen LogP contribution in [-0.4, -0.2) is 47.5 Å². The van der Waals surface area contributed by atoms with Crippen molar-refractivity contribution in [2.45, 2.75) is 0 Å². The molecule has 1 heterocycles. The van der Waals surface area contributed by atoms with Crippen LogP contribution in [0.5, 0.6) is 0 Å². The van der Waals surface area contributed by atoms with Crippen molar-refractivity contribution in [3.8, 4) is 0 Å². The third-order valence-electron chi connectivity index (χ3n) is 4.32. The number of thioether (sulfide) groups is 1. The Balaban J connectivity index is 1.48. The fourth-order valence-corrected chi connectivity index (χ4v) is 3.92. The second-order valence-electron chi connectivity index (χ2n) is 6.52.